The summed E-state index contributed by atoms with van der Waals surface area (Å²) in [6, 6.07) is 16.8. The van der Waals surface area contributed by atoms with Crippen LogP contribution in [0, 0.1) is 0 Å². The average Bonchev–Trinajstić information content (AvgIpc) is 3.53. The van der Waals surface area contributed by atoms with Gasteiger partial charge in [-0.25, -0.2) is 9.97 Å². The first-order valence-electron chi connectivity index (χ1n) is 10.1. The Morgan fingerprint density at radius 2 is 1.94 bits per heavy atom. The number of amides is 2. The van der Waals surface area contributed by atoms with Crippen molar-refractivity contribution in [3.05, 3.63) is 77.7 Å². The number of benzene rings is 2. The van der Waals surface area contributed by atoms with E-state index in [-0.39, 0.29) is 23.4 Å². The number of H-pyrrole nitrogens is 1. The van der Waals surface area contributed by atoms with Gasteiger partial charge in [-0.3, -0.25) is 9.59 Å². The highest BCUT2D eigenvalue weighted by molar-refractivity contribution is 7.99. The summed E-state index contributed by atoms with van der Waals surface area (Å²) in [5.74, 6) is 0.694. The molecule has 0 saturated heterocycles. The predicted molar refractivity (Wildman–Crippen MR) is 121 cm³/mol. The van der Waals surface area contributed by atoms with E-state index in [9.17, 15) is 9.59 Å². The number of nitrogens with one attached hydrogen (secondary N) is 3. The summed E-state index contributed by atoms with van der Waals surface area (Å²) in [6.07, 6.45) is 1.27. The van der Waals surface area contributed by atoms with E-state index >= 15 is 0 Å². The van der Waals surface area contributed by atoms with E-state index in [4.69, 9.17) is 0 Å². The first-order valence-corrected chi connectivity index (χ1v) is 11.1. The second-order valence-corrected chi connectivity index (χ2v) is 8.36. The van der Waals surface area contributed by atoms with Gasteiger partial charge in [-0.15, -0.1) is 22.0 Å². The molecule has 0 aliphatic carbocycles. The van der Waals surface area contributed by atoms with Gasteiger partial charge in [0.2, 0.25) is 11.7 Å². The van der Waals surface area contributed by atoms with Gasteiger partial charge in [-0.2, -0.15) is 5.21 Å². The topological polar surface area (TPSA) is 138 Å². The zero-order valence-corrected chi connectivity index (χ0v) is 18.0. The molecule has 3 heterocycles. The molecule has 2 aromatic heterocycles. The highest BCUT2D eigenvalue weighted by atomic mass is 32.2. The number of rotatable bonds is 6. The van der Waals surface area contributed by atoms with Gasteiger partial charge in [-0.05, 0) is 22.4 Å². The summed E-state index contributed by atoms with van der Waals surface area (Å²) in [4.78, 5) is 34.6. The van der Waals surface area contributed by atoms with Gasteiger partial charge in [-0.1, -0.05) is 42.5 Å². The Hall–Kier alpha value is -4.12. The second-order valence-electron chi connectivity index (χ2n) is 7.29. The van der Waals surface area contributed by atoms with Gasteiger partial charge in [0.15, 0.2) is 0 Å². The molecule has 164 valence electrons. The third-order valence-corrected chi connectivity index (χ3v) is 6.36. The molecule has 2 aromatic carbocycles. The smallest absolute Gasteiger partial charge is 0.270 e. The molecule has 0 fully saturated rings. The number of aromatic amines is 1. The van der Waals surface area contributed by atoms with Crippen LogP contribution in [0.2, 0.25) is 0 Å². The van der Waals surface area contributed by atoms with Crippen LogP contribution in [-0.4, -0.2) is 48.2 Å². The van der Waals surface area contributed by atoms with Crippen LogP contribution in [-0.2, 0) is 11.3 Å². The van der Waals surface area contributed by atoms with Crippen molar-refractivity contribution in [1.29, 1.82) is 0 Å². The third kappa shape index (κ3) is 4.58. The Balaban J connectivity index is 1.20. The summed E-state index contributed by atoms with van der Waals surface area (Å²) in [5.41, 5.74) is 2.90. The number of fused-ring (bicyclic) bond motifs is 1. The second kappa shape index (κ2) is 9.17. The van der Waals surface area contributed by atoms with Crippen molar-refractivity contribution in [1.82, 2.24) is 35.9 Å². The summed E-state index contributed by atoms with van der Waals surface area (Å²) in [6.45, 7) is 0.313. The van der Waals surface area contributed by atoms with Crippen LogP contribution in [0.4, 0.5) is 5.82 Å². The minimum atomic E-state index is -0.364. The van der Waals surface area contributed by atoms with E-state index in [1.807, 2.05) is 48.5 Å². The quantitative estimate of drug-likeness (QED) is 0.400. The summed E-state index contributed by atoms with van der Waals surface area (Å²) in [7, 11) is 0. The Morgan fingerprint density at radius 1 is 1.09 bits per heavy atom. The summed E-state index contributed by atoms with van der Waals surface area (Å²) < 4.78 is 0. The number of carbonyl (C=O) groups is 2. The van der Waals surface area contributed by atoms with E-state index < -0.39 is 0 Å². The predicted octanol–water partition coefficient (Wildman–Crippen LogP) is 2.41. The minimum Gasteiger partial charge on any atom is -0.347 e. The Labute approximate surface area is 192 Å². The average molecular weight is 459 g/mol. The van der Waals surface area contributed by atoms with Crippen LogP contribution in [0.15, 0.2) is 65.8 Å². The highest BCUT2D eigenvalue weighted by Crippen LogP contribution is 2.39. The maximum Gasteiger partial charge on any atom is 0.270 e. The van der Waals surface area contributed by atoms with Crippen LogP contribution in [0.3, 0.4) is 0 Å². The molecule has 5 rings (SSSR count). The Kier molecular flexibility index (Phi) is 5.77. The van der Waals surface area contributed by atoms with E-state index in [2.05, 4.69) is 41.2 Å². The highest BCUT2D eigenvalue weighted by Gasteiger charge is 2.29. The molecule has 0 saturated carbocycles. The maximum atomic E-state index is 12.8. The fraction of sp³-hybridized carbons (Fsp3) is 0.136. The van der Waals surface area contributed by atoms with Gasteiger partial charge >= 0.3 is 0 Å². The van der Waals surface area contributed by atoms with Gasteiger partial charge < -0.3 is 10.6 Å². The third-order valence-electron chi connectivity index (χ3n) is 5.18. The minimum absolute atomic E-state index is 0.154. The van der Waals surface area contributed by atoms with Crippen molar-refractivity contribution in [2.24, 2.45) is 0 Å². The molecule has 1 atom stereocenters. The van der Waals surface area contributed by atoms with E-state index in [1.165, 1.54) is 12.4 Å². The van der Waals surface area contributed by atoms with Crippen LogP contribution in [0.5, 0.6) is 0 Å². The molecule has 1 unspecified atom stereocenters. The van der Waals surface area contributed by atoms with Gasteiger partial charge in [0.1, 0.15) is 17.8 Å². The van der Waals surface area contributed by atoms with Gasteiger partial charge in [0.05, 0.1) is 5.92 Å². The summed E-state index contributed by atoms with van der Waals surface area (Å²) >= 11 is 1.66. The van der Waals surface area contributed by atoms with Crippen LogP contribution in [0.1, 0.15) is 27.5 Å². The molecule has 11 heteroatoms. The molecule has 3 N–H and O–H groups in total. The van der Waals surface area contributed by atoms with E-state index in [0.29, 0.717) is 23.9 Å². The fourth-order valence-corrected chi connectivity index (χ4v) is 4.70. The Bertz CT molecular complexity index is 1290. The summed E-state index contributed by atoms with van der Waals surface area (Å²) in [5, 5.41) is 19.4. The number of tetrazole rings is 1. The fourth-order valence-electron chi connectivity index (χ4n) is 3.47. The lowest BCUT2D eigenvalue weighted by Crippen LogP contribution is -2.25. The molecule has 2 amide bonds. The lowest BCUT2D eigenvalue weighted by molar-refractivity contribution is -0.117. The van der Waals surface area contributed by atoms with Gasteiger partial charge in [0, 0.05) is 28.8 Å². The molecule has 0 radical (unpaired) electrons. The number of hydrogen-bond donors (Lipinski definition) is 3. The zero-order valence-electron chi connectivity index (χ0n) is 17.2. The molecular weight excluding hydrogens is 440 g/mol. The first-order chi connectivity index (χ1) is 16.2. The van der Waals surface area contributed by atoms with Crippen molar-refractivity contribution in [3.8, 4) is 11.4 Å². The molecule has 0 bridgehead atoms. The molecule has 33 heavy (non-hydrogen) atoms. The maximum absolute atomic E-state index is 12.8. The molecule has 0 spiro atoms. The standard InChI is InChI=1S/C22H18N8O2S/c31-21(16-11-33-18-4-2-1-3-15(16)18)26-19-9-17(24-12-25-19)22(32)23-10-13-5-7-14(8-6-13)20-27-29-30-28-20/h1-9,12,16H,10-11H2,(H,23,32)(H,24,25,26,31)(H,27,28,29,30). The number of nitrogens with zero attached hydrogens (tertiary/aromatic N) is 5. The van der Waals surface area contributed by atoms with Gasteiger partial charge in [0.25, 0.3) is 5.91 Å². The van der Waals surface area contributed by atoms with E-state index in [1.54, 1.807) is 11.8 Å². The van der Waals surface area contributed by atoms with Crippen molar-refractivity contribution in [3.63, 3.8) is 0 Å². The van der Waals surface area contributed by atoms with Crippen molar-refractivity contribution >= 4 is 29.4 Å². The lowest BCUT2D eigenvalue weighted by Gasteiger charge is -2.11. The monoisotopic (exact) mass is 458 g/mol. The number of aromatic nitrogens is 6. The van der Waals surface area contributed by atoms with Crippen molar-refractivity contribution in [2.75, 3.05) is 11.1 Å². The zero-order chi connectivity index (χ0) is 22.6. The number of carbonyl (C=O) groups excluding carboxylic acids is 2. The largest absolute Gasteiger partial charge is 0.347 e. The van der Waals surface area contributed by atoms with Crippen molar-refractivity contribution in [2.45, 2.75) is 17.4 Å². The number of hydrogen-bond acceptors (Lipinski definition) is 8. The van der Waals surface area contributed by atoms with Crippen LogP contribution < -0.4 is 10.6 Å². The number of anilines is 1. The molecule has 4 aromatic rings. The lowest BCUT2D eigenvalue weighted by atomic mass is 10.0. The SMILES string of the molecule is O=C(NCc1ccc(-c2nn[nH]n2)cc1)c1cc(NC(=O)C2CSc3ccccc32)ncn1. The Morgan fingerprint density at radius 3 is 2.76 bits per heavy atom. The van der Waals surface area contributed by atoms with E-state index in [0.717, 1.165) is 21.6 Å². The number of thioether (sulfide) groups is 1. The van der Waals surface area contributed by atoms with Crippen LogP contribution in [0.25, 0.3) is 11.4 Å². The normalized spacial score (nSPS) is 14.5. The van der Waals surface area contributed by atoms with Crippen molar-refractivity contribution < 1.29 is 9.59 Å². The molecule has 1 aliphatic rings. The molecular formula is C22H18N8O2S. The van der Waals surface area contributed by atoms with Crippen LogP contribution >= 0.6 is 11.8 Å². The molecule has 1 aliphatic heterocycles. The first kappa shape index (κ1) is 20.8. The molecule has 10 nitrogen and oxygen atoms in total.